The molecule has 6 rings (SSSR count). The van der Waals surface area contributed by atoms with E-state index in [9.17, 15) is 19.2 Å². The number of fused-ring (bicyclic) bond motifs is 3. The normalized spacial score (nSPS) is 37.0. The molecule has 0 amide bonds. The van der Waals surface area contributed by atoms with Crippen molar-refractivity contribution in [2.45, 2.75) is 89.8 Å². The number of rotatable bonds is 5. The summed E-state index contributed by atoms with van der Waals surface area (Å²) in [5, 5.41) is 0. The van der Waals surface area contributed by atoms with Crippen LogP contribution in [0.2, 0.25) is 0 Å². The lowest BCUT2D eigenvalue weighted by atomic mass is 9.41. The van der Waals surface area contributed by atoms with Gasteiger partial charge in [0.15, 0.2) is 12.2 Å². The highest BCUT2D eigenvalue weighted by molar-refractivity contribution is 5.89. The molecule has 0 bridgehead atoms. The van der Waals surface area contributed by atoms with Gasteiger partial charge in [-0.15, -0.1) is 0 Å². The van der Waals surface area contributed by atoms with Crippen LogP contribution in [0.3, 0.4) is 0 Å². The number of nitrogens with zero attached hydrogens (tertiary/aromatic N) is 2. The molecular formula is C34H38N2O9. The van der Waals surface area contributed by atoms with Gasteiger partial charge in [-0.25, -0.2) is 9.59 Å². The summed E-state index contributed by atoms with van der Waals surface area (Å²) >= 11 is 0. The van der Waals surface area contributed by atoms with Crippen LogP contribution >= 0.6 is 0 Å². The van der Waals surface area contributed by atoms with E-state index in [1.807, 2.05) is 27.7 Å². The summed E-state index contributed by atoms with van der Waals surface area (Å²) in [6, 6.07) is 6.53. The summed E-state index contributed by atoms with van der Waals surface area (Å²) in [5.41, 5.74) is -2.96. The first-order chi connectivity index (χ1) is 21.3. The van der Waals surface area contributed by atoms with Gasteiger partial charge in [0.1, 0.15) is 23.9 Å². The van der Waals surface area contributed by atoms with Gasteiger partial charge in [-0.2, -0.15) is 0 Å². The monoisotopic (exact) mass is 618 g/mol. The molecule has 1 saturated carbocycles. The third-order valence-corrected chi connectivity index (χ3v) is 10.9. The number of cyclic esters (lactones) is 1. The molecule has 3 fully saturated rings. The Bertz CT molecular complexity index is 1550. The lowest BCUT2D eigenvalue weighted by Gasteiger charge is -2.70. The average Bonchev–Trinajstić information content (AvgIpc) is 3.37. The predicted octanol–water partition coefficient (Wildman–Crippen LogP) is 4.41. The minimum atomic E-state index is -1.41. The van der Waals surface area contributed by atoms with E-state index >= 15 is 0 Å². The summed E-state index contributed by atoms with van der Waals surface area (Å²) in [4.78, 5) is 60.9. The fraction of sp³-hybridized carbons (Fsp3) is 0.529. The molecule has 0 aromatic carbocycles. The third-order valence-electron chi connectivity index (χ3n) is 10.9. The molecule has 4 aliphatic rings. The zero-order chi connectivity index (χ0) is 32.2. The lowest BCUT2D eigenvalue weighted by molar-refractivity contribution is -0.362. The Balaban J connectivity index is 1.53. The first-order valence-corrected chi connectivity index (χ1v) is 15.3. The van der Waals surface area contributed by atoms with Crippen LogP contribution in [0.5, 0.6) is 0 Å². The molecule has 45 heavy (non-hydrogen) atoms. The second kappa shape index (κ2) is 11.0. The smallest absolute Gasteiger partial charge is 0.340 e. The summed E-state index contributed by atoms with van der Waals surface area (Å²) in [6.45, 7) is 9.03. The Morgan fingerprint density at radius 2 is 1.58 bits per heavy atom. The molecule has 2 saturated heterocycles. The number of ether oxygens (including phenoxy) is 5. The molecule has 0 unspecified atom stereocenters. The molecule has 11 nitrogen and oxygen atoms in total. The SMILES string of the molecule is CC(=O)O[C@H]1[C@H](OC(=O)c2cccnc2)[C@@]2(C)C(C)=CCC[C@@H]2[C@@]2(C)[C@@H](OC(=O)c3cccnc3)C[C@]3(COC(=O)C3)O[C@@]12C. The van der Waals surface area contributed by atoms with Crippen molar-refractivity contribution in [2.24, 2.45) is 16.7 Å². The van der Waals surface area contributed by atoms with Gasteiger partial charge in [-0.1, -0.05) is 25.5 Å². The van der Waals surface area contributed by atoms with Crippen LogP contribution in [-0.2, 0) is 33.3 Å². The molecule has 0 radical (unpaired) electrons. The fourth-order valence-electron chi connectivity index (χ4n) is 8.44. The Hall–Kier alpha value is -4.12. The van der Waals surface area contributed by atoms with Crippen molar-refractivity contribution in [2.75, 3.05) is 6.61 Å². The highest BCUT2D eigenvalue weighted by atomic mass is 16.6. The van der Waals surface area contributed by atoms with Crippen LogP contribution in [0.4, 0.5) is 0 Å². The van der Waals surface area contributed by atoms with Crippen LogP contribution in [-0.4, -0.2) is 70.0 Å². The van der Waals surface area contributed by atoms with E-state index in [2.05, 4.69) is 16.0 Å². The number of aromatic nitrogens is 2. The van der Waals surface area contributed by atoms with E-state index in [-0.39, 0.29) is 36.5 Å². The quantitative estimate of drug-likeness (QED) is 0.267. The zero-order valence-electron chi connectivity index (χ0n) is 26.1. The first kappa shape index (κ1) is 30.9. The number of carbonyl (C=O) groups is 4. The van der Waals surface area contributed by atoms with E-state index in [1.165, 1.54) is 19.3 Å². The van der Waals surface area contributed by atoms with Crippen molar-refractivity contribution in [1.82, 2.24) is 9.97 Å². The van der Waals surface area contributed by atoms with Crippen molar-refractivity contribution in [3.8, 4) is 0 Å². The number of hydrogen-bond acceptors (Lipinski definition) is 11. The van der Waals surface area contributed by atoms with Crippen LogP contribution in [0.15, 0.2) is 60.7 Å². The number of allylic oxidation sites excluding steroid dienone is 1. The summed E-state index contributed by atoms with van der Waals surface area (Å²) in [6.07, 6.45) is 6.63. The standard InChI is InChI=1S/C34H38N2O9/c1-20-9-6-12-24-31(20,3)27(44-30(40)23-11-8-14-36-18-23)28(42-21(2)37)33(5)32(24,4)25(15-34(45-33)16-26(38)41-19-34)43-29(39)22-10-7-13-35-17-22/h7-11,13-14,17-18,24-25,27-28H,6,12,15-16,19H2,1-5H3/t24-,25-,27-,28-,31-,32-,33-,34-/m0/s1. The van der Waals surface area contributed by atoms with Gasteiger partial charge >= 0.3 is 23.9 Å². The van der Waals surface area contributed by atoms with Gasteiger partial charge in [0.05, 0.1) is 17.5 Å². The van der Waals surface area contributed by atoms with Crippen molar-refractivity contribution >= 4 is 23.9 Å². The van der Waals surface area contributed by atoms with E-state index in [0.717, 1.165) is 12.0 Å². The summed E-state index contributed by atoms with van der Waals surface area (Å²) in [5.74, 6) is -2.52. The van der Waals surface area contributed by atoms with Gasteiger partial charge < -0.3 is 23.7 Å². The van der Waals surface area contributed by atoms with Crippen molar-refractivity contribution in [1.29, 1.82) is 0 Å². The minimum Gasteiger partial charge on any atom is -0.462 e. The summed E-state index contributed by atoms with van der Waals surface area (Å²) in [7, 11) is 0. The van der Waals surface area contributed by atoms with E-state index in [1.54, 1.807) is 36.7 Å². The maximum atomic E-state index is 13.7. The lowest BCUT2D eigenvalue weighted by Crippen LogP contribution is -2.80. The van der Waals surface area contributed by atoms with E-state index < -0.39 is 64.2 Å². The largest absolute Gasteiger partial charge is 0.462 e. The molecule has 11 heteroatoms. The molecule has 238 valence electrons. The van der Waals surface area contributed by atoms with Crippen molar-refractivity contribution < 1.29 is 42.9 Å². The molecule has 2 aliphatic carbocycles. The van der Waals surface area contributed by atoms with Crippen molar-refractivity contribution in [3.63, 3.8) is 0 Å². The zero-order valence-corrected chi connectivity index (χ0v) is 26.1. The van der Waals surface area contributed by atoms with Gasteiger partial charge in [0, 0.05) is 49.0 Å². The van der Waals surface area contributed by atoms with Gasteiger partial charge in [-0.3, -0.25) is 19.6 Å². The number of hydrogen-bond donors (Lipinski definition) is 0. The Morgan fingerprint density at radius 1 is 0.933 bits per heavy atom. The highest BCUT2D eigenvalue weighted by Crippen LogP contribution is 2.69. The maximum Gasteiger partial charge on any atom is 0.340 e. The second-order valence-electron chi connectivity index (χ2n) is 13.2. The predicted molar refractivity (Wildman–Crippen MR) is 158 cm³/mol. The van der Waals surface area contributed by atoms with E-state index in [4.69, 9.17) is 23.7 Å². The third kappa shape index (κ3) is 4.83. The number of esters is 4. The summed E-state index contributed by atoms with van der Waals surface area (Å²) < 4.78 is 31.4. The first-order valence-electron chi connectivity index (χ1n) is 15.3. The topological polar surface area (TPSA) is 140 Å². The average molecular weight is 619 g/mol. The second-order valence-corrected chi connectivity index (χ2v) is 13.2. The molecule has 2 aromatic rings. The van der Waals surface area contributed by atoms with Gasteiger partial charge in [0.2, 0.25) is 0 Å². The molecule has 2 aromatic heterocycles. The van der Waals surface area contributed by atoms with E-state index in [0.29, 0.717) is 6.42 Å². The Labute approximate surface area is 261 Å². The molecule has 1 spiro atoms. The minimum absolute atomic E-state index is 0.0633. The van der Waals surface area contributed by atoms with Gasteiger partial charge in [0.25, 0.3) is 0 Å². The van der Waals surface area contributed by atoms with Crippen molar-refractivity contribution in [3.05, 3.63) is 71.8 Å². The van der Waals surface area contributed by atoms with Crippen LogP contribution in [0.1, 0.15) is 81.0 Å². The fourth-order valence-corrected chi connectivity index (χ4v) is 8.44. The molecule has 0 N–H and O–H groups in total. The maximum absolute atomic E-state index is 13.7. The van der Waals surface area contributed by atoms with Crippen LogP contribution in [0.25, 0.3) is 0 Å². The molecule has 4 heterocycles. The number of carbonyl (C=O) groups excluding carboxylic acids is 4. The Kier molecular flexibility index (Phi) is 7.58. The van der Waals surface area contributed by atoms with Gasteiger partial charge in [-0.05, 0) is 56.9 Å². The van der Waals surface area contributed by atoms with Crippen LogP contribution < -0.4 is 0 Å². The molecular weight excluding hydrogens is 580 g/mol. The number of pyridine rings is 2. The van der Waals surface area contributed by atoms with Crippen LogP contribution in [0, 0.1) is 16.7 Å². The highest BCUT2D eigenvalue weighted by Gasteiger charge is 2.77. The molecule has 8 atom stereocenters. The molecule has 2 aliphatic heterocycles. The Morgan fingerprint density at radius 3 is 2.13 bits per heavy atom.